The zero-order valence-corrected chi connectivity index (χ0v) is 7.95. The number of carbonyl (C=O) groups excluding carboxylic acids is 1. The third kappa shape index (κ3) is 3.32. The van der Waals surface area contributed by atoms with E-state index in [0.29, 0.717) is 13.0 Å². The summed E-state index contributed by atoms with van der Waals surface area (Å²) >= 11 is 0. The summed E-state index contributed by atoms with van der Waals surface area (Å²) in [6, 6.07) is 0. The second kappa shape index (κ2) is 5.19. The van der Waals surface area contributed by atoms with Gasteiger partial charge in [0, 0.05) is 13.0 Å². The molecule has 13 heavy (non-hydrogen) atoms. The molecule has 0 aromatic heterocycles. The standard InChI is InChI=1S/C9H17NO3/c1-13-9(12)3-2-7-4-5-10-6-8(7)11/h7-8,10-11H,2-6H2,1H3. The number of methoxy groups -OCH3 is 1. The van der Waals surface area contributed by atoms with Gasteiger partial charge >= 0.3 is 5.97 Å². The van der Waals surface area contributed by atoms with Crippen LogP contribution >= 0.6 is 0 Å². The van der Waals surface area contributed by atoms with Crippen LogP contribution in [0.5, 0.6) is 0 Å². The Morgan fingerprint density at radius 2 is 2.46 bits per heavy atom. The van der Waals surface area contributed by atoms with Crippen LogP contribution < -0.4 is 5.32 Å². The van der Waals surface area contributed by atoms with Gasteiger partial charge in [0.05, 0.1) is 13.2 Å². The highest BCUT2D eigenvalue weighted by atomic mass is 16.5. The second-order valence-electron chi connectivity index (χ2n) is 3.44. The molecule has 1 fully saturated rings. The molecule has 0 amide bonds. The lowest BCUT2D eigenvalue weighted by atomic mass is 9.91. The molecule has 76 valence electrons. The van der Waals surface area contributed by atoms with Gasteiger partial charge in [0.1, 0.15) is 0 Å². The van der Waals surface area contributed by atoms with Gasteiger partial charge in [-0.1, -0.05) is 0 Å². The highest BCUT2D eigenvalue weighted by Gasteiger charge is 2.23. The van der Waals surface area contributed by atoms with Crippen LogP contribution in [-0.2, 0) is 9.53 Å². The van der Waals surface area contributed by atoms with Crippen LogP contribution in [0.15, 0.2) is 0 Å². The first kappa shape index (κ1) is 10.5. The number of hydrogen-bond acceptors (Lipinski definition) is 4. The van der Waals surface area contributed by atoms with Crippen molar-refractivity contribution in [2.24, 2.45) is 5.92 Å². The summed E-state index contributed by atoms with van der Waals surface area (Å²) in [5.41, 5.74) is 0. The van der Waals surface area contributed by atoms with Crippen molar-refractivity contribution >= 4 is 5.97 Å². The molecule has 4 nitrogen and oxygen atoms in total. The fraction of sp³-hybridized carbons (Fsp3) is 0.889. The number of nitrogens with one attached hydrogen (secondary N) is 1. The van der Waals surface area contributed by atoms with Crippen LogP contribution in [0.2, 0.25) is 0 Å². The highest BCUT2D eigenvalue weighted by molar-refractivity contribution is 5.69. The van der Waals surface area contributed by atoms with Gasteiger partial charge in [0.25, 0.3) is 0 Å². The summed E-state index contributed by atoms with van der Waals surface area (Å²) in [7, 11) is 1.39. The molecule has 0 aromatic carbocycles. The molecule has 2 unspecified atom stereocenters. The minimum atomic E-state index is -0.307. The second-order valence-corrected chi connectivity index (χ2v) is 3.44. The summed E-state index contributed by atoms with van der Waals surface area (Å²) in [6.07, 6.45) is 1.78. The monoisotopic (exact) mass is 187 g/mol. The van der Waals surface area contributed by atoms with Crippen LogP contribution in [0, 0.1) is 5.92 Å². The Bertz CT molecular complexity index is 172. The van der Waals surface area contributed by atoms with Crippen molar-refractivity contribution in [2.75, 3.05) is 20.2 Å². The SMILES string of the molecule is COC(=O)CCC1CCNCC1O. The normalized spacial score (nSPS) is 28.5. The van der Waals surface area contributed by atoms with Gasteiger partial charge in [-0.2, -0.15) is 0 Å². The van der Waals surface area contributed by atoms with E-state index in [0.717, 1.165) is 19.4 Å². The third-order valence-electron chi connectivity index (χ3n) is 2.54. The van der Waals surface area contributed by atoms with Gasteiger partial charge in [-0.25, -0.2) is 0 Å². The molecule has 2 atom stereocenters. The number of aliphatic hydroxyl groups excluding tert-OH is 1. The molecule has 1 aliphatic heterocycles. The lowest BCUT2D eigenvalue weighted by Gasteiger charge is -2.27. The van der Waals surface area contributed by atoms with Crippen LogP contribution in [0.3, 0.4) is 0 Å². The Morgan fingerprint density at radius 3 is 3.08 bits per heavy atom. The molecule has 2 N–H and O–H groups in total. The molecule has 0 spiro atoms. The predicted octanol–water partition coefficient (Wildman–Crippen LogP) is -0.0900. The van der Waals surface area contributed by atoms with E-state index < -0.39 is 0 Å². The Balaban J connectivity index is 2.22. The van der Waals surface area contributed by atoms with E-state index in [1.807, 2.05) is 0 Å². The van der Waals surface area contributed by atoms with E-state index in [1.54, 1.807) is 0 Å². The molecular formula is C9H17NO3. The first-order chi connectivity index (χ1) is 6.24. The molecule has 0 bridgehead atoms. The average molecular weight is 187 g/mol. The molecule has 1 saturated heterocycles. The van der Waals surface area contributed by atoms with Crippen molar-refractivity contribution in [1.29, 1.82) is 0 Å². The molecule has 1 aliphatic rings. The van der Waals surface area contributed by atoms with Crippen LogP contribution in [0.25, 0.3) is 0 Å². The number of rotatable bonds is 3. The Kier molecular flexibility index (Phi) is 4.18. The smallest absolute Gasteiger partial charge is 0.305 e. The number of hydrogen-bond donors (Lipinski definition) is 2. The number of carbonyl (C=O) groups is 1. The summed E-state index contributed by atoms with van der Waals surface area (Å²) in [5, 5.41) is 12.6. The first-order valence-corrected chi connectivity index (χ1v) is 4.69. The first-order valence-electron chi connectivity index (χ1n) is 4.69. The molecule has 1 heterocycles. The molecule has 0 aliphatic carbocycles. The highest BCUT2D eigenvalue weighted by Crippen LogP contribution is 2.18. The zero-order chi connectivity index (χ0) is 9.68. The zero-order valence-electron chi connectivity index (χ0n) is 7.95. The fourth-order valence-electron chi connectivity index (χ4n) is 1.64. The van der Waals surface area contributed by atoms with E-state index >= 15 is 0 Å². The molecule has 0 aromatic rings. The minimum Gasteiger partial charge on any atom is -0.469 e. The fourth-order valence-corrected chi connectivity index (χ4v) is 1.64. The van der Waals surface area contributed by atoms with Gasteiger partial charge in [0.2, 0.25) is 0 Å². The lowest BCUT2D eigenvalue weighted by Crippen LogP contribution is -2.40. The average Bonchev–Trinajstić information content (AvgIpc) is 2.16. The van der Waals surface area contributed by atoms with Gasteiger partial charge in [-0.3, -0.25) is 4.79 Å². The van der Waals surface area contributed by atoms with Gasteiger partial charge in [-0.15, -0.1) is 0 Å². The summed E-state index contributed by atoms with van der Waals surface area (Å²) in [5.74, 6) is 0.0612. The topological polar surface area (TPSA) is 58.6 Å². The molecule has 0 saturated carbocycles. The van der Waals surface area contributed by atoms with E-state index in [-0.39, 0.29) is 18.0 Å². The Hall–Kier alpha value is -0.610. The van der Waals surface area contributed by atoms with Crippen LogP contribution in [0.1, 0.15) is 19.3 Å². The number of ether oxygens (including phenoxy) is 1. The molecular weight excluding hydrogens is 170 g/mol. The third-order valence-corrected chi connectivity index (χ3v) is 2.54. The molecule has 4 heteroatoms. The van der Waals surface area contributed by atoms with E-state index in [9.17, 15) is 9.90 Å². The van der Waals surface area contributed by atoms with Crippen LogP contribution in [-0.4, -0.2) is 37.4 Å². The van der Waals surface area contributed by atoms with Crippen molar-refractivity contribution in [3.8, 4) is 0 Å². The van der Waals surface area contributed by atoms with Crippen molar-refractivity contribution < 1.29 is 14.6 Å². The summed E-state index contributed by atoms with van der Waals surface area (Å²) in [6.45, 7) is 1.58. The number of aliphatic hydroxyl groups is 1. The van der Waals surface area contributed by atoms with Crippen molar-refractivity contribution in [3.05, 3.63) is 0 Å². The van der Waals surface area contributed by atoms with Crippen molar-refractivity contribution in [1.82, 2.24) is 5.32 Å². The maximum absolute atomic E-state index is 10.8. The maximum Gasteiger partial charge on any atom is 0.305 e. The van der Waals surface area contributed by atoms with Crippen LogP contribution in [0.4, 0.5) is 0 Å². The van der Waals surface area contributed by atoms with Gasteiger partial charge in [0.15, 0.2) is 0 Å². The molecule has 1 rings (SSSR count). The summed E-state index contributed by atoms with van der Waals surface area (Å²) < 4.78 is 4.54. The number of esters is 1. The summed E-state index contributed by atoms with van der Waals surface area (Å²) in [4.78, 5) is 10.8. The number of β-amino-alcohol motifs (C(OH)–C–C–N with tert-alkyl or cyclic N) is 1. The van der Waals surface area contributed by atoms with Crippen molar-refractivity contribution in [2.45, 2.75) is 25.4 Å². The van der Waals surface area contributed by atoms with E-state index in [2.05, 4.69) is 10.1 Å². The van der Waals surface area contributed by atoms with Crippen molar-refractivity contribution in [3.63, 3.8) is 0 Å². The van der Waals surface area contributed by atoms with E-state index in [1.165, 1.54) is 7.11 Å². The number of piperidine rings is 1. The largest absolute Gasteiger partial charge is 0.469 e. The quantitative estimate of drug-likeness (QED) is 0.606. The van der Waals surface area contributed by atoms with Gasteiger partial charge in [-0.05, 0) is 25.3 Å². The minimum absolute atomic E-state index is 0.189. The lowest BCUT2D eigenvalue weighted by molar-refractivity contribution is -0.141. The van der Waals surface area contributed by atoms with Gasteiger partial charge < -0.3 is 15.2 Å². The molecule has 0 radical (unpaired) electrons. The Morgan fingerprint density at radius 1 is 1.69 bits per heavy atom. The van der Waals surface area contributed by atoms with E-state index in [4.69, 9.17) is 0 Å². The predicted molar refractivity (Wildman–Crippen MR) is 48.2 cm³/mol. The Labute approximate surface area is 78.3 Å². The maximum atomic E-state index is 10.8.